The van der Waals surface area contributed by atoms with Gasteiger partial charge in [0.25, 0.3) is 0 Å². The van der Waals surface area contributed by atoms with Gasteiger partial charge in [0, 0.05) is 31.9 Å². The normalized spacial score (nSPS) is 14.3. The van der Waals surface area contributed by atoms with Gasteiger partial charge in [0.05, 0.1) is 17.4 Å². The SMILES string of the molecule is N=c1c2c(-c3ccccc3)c(-c3ccccc3)n(Cc3ccccc3)c2ncn1CC1CCOCC1. The van der Waals surface area contributed by atoms with Crippen molar-refractivity contribution >= 4 is 11.0 Å². The van der Waals surface area contributed by atoms with E-state index in [4.69, 9.17) is 9.72 Å². The highest BCUT2D eigenvalue weighted by Gasteiger charge is 2.24. The van der Waals surface area contributed by atoms with Crippen LogP contribution in [0.4, 0.5) is 0 Å². The summed E-state index contributed by atoms with van der Waals surface area (Å²) in [5, 5.41) is 10.3. The van der Waals surface area contributed by atoms with E-state index in [1.807, 2.05) is 29.1 Å². The van der Waals surface area contributed by atoms with Crippen LogP contribution in [0, 0.1) is 11.3 Å². The Kier molecular flexibility index (Phi) is 6.22. The number of hydrogen-bond donors (Lipinski definition) is 1. The lowest BCUT2D eigenvalue weighted by atomic mass is 9.98. The van der Waals surface area contributed by atoms with Crippen molar-refractivity contribution in [2.24, 2.45) is 5.92 Å². The number of benzene rings is 3. The average molecular weight is 475 g/mol. The molecule has 180 valence electrons. The molecule has 1 saturated heterocycles. The van der Waals surface area contributed by atoms with Gasteiger partial charge in [-0.15, -0.1) is 0 Å². The van der Waals surface area contributed by atoms with Crippen LogP contribution in [-0.2, 0) is 17.8 Å². The van der Waals surface area contributed by atoms with Crippen LogP contribution >= 0.6 is 0 Å². The van der Waals surface area contributed by atoms with Gasteiger partial charge in [-0.25, -0.2) is 4.98 Å². The fraction of sp³-hybridized carbons (Fsp3) is 0.226. The van der Waals surface area contributed by atoms with E-state index in [9.17, 15) is 5.41 Å². The molecule has 5 heteroatoms. The van der Waals surface area contributed by atoms with Gasteiger partial charge < -0.3 is 13.9 Å². The third kappa shape index (κ3) is 4.27. The molecule has 1 aliphatic rings. The van der Waals surface area contributed by atoms with Crippen molar-refractivity contribution in [1.82, 2.24) is 14.1 Å². The standard InChI is InChI=1S/C31H30N4O/c32-30-28-27(25-12-6-2-7-13-25)29(26-14-8-3-9-15-26)35(21-23-10-4-1-5-11-23)31(28)33-22-34(30)20-24-16-18-36-19-17-24/h1-15,22,24,32H,16-21H2. The van der Waals surface area contributed by atoms with E-state index in [1.54, 1.807) is 0 Å². The van der Waals surface area contributed by atoms with Crippen molar-refractivity contribution in [1.29, 1.82) is 5.41 Å². The highest BCUT2D eigenvalue weighted by Crippen LogP contribution is 2.39. The van der Waals surface area contributed by atoms with Gasteiger partial charge in [-0.3, -0.25) is 5.41 Å². The molecule has 1 N–H and O–H groups in total. The molecule has 6 rings (SSSR count). The number of aromatic nitrogens is 3. The lowest BCUT2D eigenvalue weighted by molar-refractivity contribution is 0.0608. The molecule has 3 aromatic carbocycles. The molecule has 0 amide bonds. The quantitative estimate of drug-likeness (QED) is 0.322. The number of ether oxygens (including phenoxy) is 1. The summed E-state index contributed by atoms with van der Waals surface area (Å²) in [4.78, 5) is 5.01. The van der Waals surface area contributed by atoms with Crippen LogP contribution in [0.25, 0.3) is 33.4 Å². The molecular weight excluding hydrogens is 444 g/mol. The highest BCUT2D eigenvalue weighted by molar-refractivity contribution is 6.02. The van der Waals surface area contributed by atoms with Crippen LogP contribution in [0.2, 0.25) is 0 Å². The van der Waals surface area contributed by atoms with Gasteiger partial charge in [-0.1, -0.05) is 91.0 Å². The Labute approximate surface area is 211 Å². The summed E-state index contributed by atoms with van der Waals surface area (Å²) in [5.41, 5.74) is 6.99. The molecule has 2 aromatic heterocycles. The minimum Gasteiger partial charge on any atom is -0.381 e. The Hall–Kier alpha value is -3.96. The number of nitrogens with zero attached hydrogens (tertiary/aromatic N) is 3. The predicted octanol–water partition coefficient (Wildman–Crippen LogP) is 6.13. The summed E-state index contributed by atoms with van der Waals surface area (Å²) >= 11 is 0. The fourth-order valence-electron chi connectivity index (χ4n) is 5.34. The first-order chi connectivity index (χ1) is 17.8. The maximum atomic E-state index is 9.38. The molecule has 1 aliphatic heterocycles. The molecule has 0 atom stereocenters. The molecule has 5 aromatic rings. The molecule has 0 radical (unpaired) electrons. The van der Waals surface area contributed by atoms with Crippen molar-refractivity contribution in [2.75, 3.05) is 13.2 Å². The molecule has 3 heterocycles. The first-order valence-electron chi connectivity index (χ1n) is 12.7. The molecule has 36 heavy (non-hydrogen) atoms. The van der Waals surface area contributed by atoms with Crippen LogP contribution < -0.4 is 5.49 Å². The third-order valence-corrected chi connectivity index (χ3v) is 7.17. The van der Waals surface area contributed by atoms with Gasteiger partial charge in [0.15, 0.2) is 0 Å². The predicted molar refractivity (Wildman–Crippen MR) is 144 cm³/mol. The first kappa shape index (κ1) is 22.5. The molecule has 0 unspecified atom stereocenters. The van der Waals surface area contributed by atoms with E-state index >= 15 is 0 Å². The monoisotopic (exact) mass is 474 g/mol. The Bertz CT molecular complexity index is 1520. The Morgan fingerprint density at radius 3 is 2.08 bits per heavy atom. The van der Waals surface area contributed by atoms with Gasteiger partial charge in [-0.05, 0) is 35.4 Å². The van der Waals surface area contributed by atoms with Gasteiger partial charge >= 0.3 is 0 Å². The third-order valence-electron chi connectivity index (χ3n) is 7.17. The van der Waals surface area contributed by atoms with Crippen molar-refractivity contribution in [3.8, 4) is 22.4 Å². The second kappa shape index (κ2) is 9.96. The summed E-state index contributed by atoms with van der Waals surface area (Å²) < 4.78 is 9.89. The zero-order valence-corrected chi connectivity index (χ0v) is 20.3. The summed E-state index contributed by atoms with van der Waals surface area (Å²) in [6.45, 7) is 3.08. The molecule has 0 spiro atoms. The van der Waals surface area contributed by atoms with Crippen LogP contribution in [0.1, 0.15) is 18.4 Å². The molecular formula is C31H30N4O. The van der Waals surface area contributed by atoms with E-state index in [-0.39, 0.29) is 0 Å². The lowest BCUT2D eigenvalue weighted by Gasteiger charge is -2.23. The second-order valence-corrected chi connectivity index (χ2v) is 9.53. The van der Waals surface area contributed by atoms with E-state index in [0.717, 1.165) is 66.0 Å². The maximum Gasteiger partial charge on any atom is 0.146 e. The number of fused-ring (bicyclic) bond motifs is 1. The van der Waals surface area contributed by atoms with Crippen LogP contribution in [0.15, 0.2) is 97.3 Å². The molecule has 5 nitrogen and oxygen atoms in total. The number of rotatable bonds is 6. The van der Waals surface area contributed by atoms with Crippen LogP contribution in [-0.4, -0.2) is 27.3 Å². The van der Waals surface area contributed by atoms with Gasteiger partial charge in [-0.2, -0.15) is 0 Å². The number of hydrogen-bond acceptors (Lipinski definition) is 3. The second-order valence-electron chi connectivity index (χ2n) is 9.53. The summed E-state index contributed by atoms with van der Waals surface area (Å²) in [6, 6.07) is 31.5. The first-order valence-corrected chi connectivity index (χ1v) is 12.7. The van der Waals surface area contributed by atoms with Crippen LogP contribution in [0.5, 0.6) is 0 Å². The summed E-state index contributed by atoms with van der Waals surface area (Å²) in [5.74, 6) is 0.507. The Balaban J connectivity index is 1.63. The summed E-state index contributed by atoms with van der Waals surface area (Å²) in [6.07, 6.45) is 3.92. The van der Waals surface area contributed by atoms with E-state index in [0.29, 0.717) is 18.0 Å². The van der Waals surface area contributed by atoms with Crippen molar-refractivity contribution in [3.05, 3.63) is 108 Å². The van der Waals surface area contributed by atoms with Crippen LogP contribution in [0.3, 0.4) is 0 Å². The van der Waals surface area contributed by atoms with E-state index in [2.05, 4.69) is 77.4 Å². The minimum atomic E-state index is 0.507. The Morgan fingerprint density at radius 2 is 1.42 bits per heavy atom. The molecule has 0 aliphatic carbocycles. The zero-order valence-electron chi connectivity index (χ0n) is 20.3. The van der Waals surface area contributed by atoms with E-state index < -0.39 is 0 Å². The molecule has 0 saturated carbocycles. The smallest absolute Gasteiger partial charge is 0.146 e. The molecule has 0 bridgehead atoms. The lowest BCUT2D eigenvalue weighted by Crippen LogP contribution is -2.28. The average Bonchev–Trinajstić information content (AvgIpc) is 3.27. The minimum absolute atomic E-state index is 0.507. The van der Waals surface area contributed by atoms with Crippen molar-refractivity contribution < 1.29 is 4.74 Å². The fourth-order valence-corrected chi connectivity index (χ4v) is 5.34. The summed E-state index contributed by atoms with van der Waals surface area (Å²) in [7, 11) is 0. The largest absolute Gasteiger partial charge is 0.381 e. The topological polar surface area (TPSA) is 55.8 Å². The Morgan fingerprint density at radius 1 is 0.806 bits per heavy atom. The van der Waals surface area contributed by atoms with Gasteiger partial charge in [0.2, 0.25) is 0 Å². The highest BCUT2D eigenvalue weighted by atomic mass is 16.5. The molecule has 1 fully saturated rings. The maximum absolute atomic E-state index is 9.38. The van der Waals surface area contributed by atoms with Crippen molar-refractivity contribution in [2.45, 2.75) is 25.9 Å². The number of nitrogens with one attached hydrogen (secondary N) is 1. The van der Waals surface area contributed by atoms with E-state index in [1.165, 1.54) is 5.56 Å². The zero-order chi connectivity index (χ0) is 24.3. The van der Waals surface area contributed by atoms with Gasteiger partial charge in [0.1, 0.15) is 11.1 Å². The van der Waals surface area contributed by atoms with Crippen molar-refractivity contribution in [3.63, 3.8) is 0 Å².